The first kappa shape index (κ1) is 12.9. The molecule has 0 spiro atoms. The van der Waals surface area contributed by atoms with E-state index in [0.717, 1.165) is 23.5 Å². The quantitative estimate of drug-likeness (QED) is 0.745. The third-order valence-electron chi connectivity index (χ3n) is 4.10. The van der Waals surface area contributed by atoms with Crippen LogP contribution in [0.15, 0.2) is 35.5 Å². The molecule has 1 aliphatic heterocycles. The molecule has 3 aromatic heterocycles. The highest BCUT2D eigenvalue weighted by Gasteiger charge is 2.23. The van der Waals surface area contributed by atoms with Crippen molar-refractivity contribution in [2.75, 3.05) is 0 Å². The molecule has 0 aromatic carbocycles. The molecule has 22 heavy (non-hydrogen) atoms. The van der Waals surface area contributed by atoms with Crippen LogP contribution in [-0.2, 0) is 6.42 Å². The van der Waals surface area contributed by atoms with Gasteiger partial charge in [-0.25, -0.2) is 4.98 Å². The Balaban J connectivity index is 1.98. The molecule has 6 heteroatoms. The van der Waals surface area contributed by atoms with E-state index in [9.17, 15) is 4.79 Å². The molecular formula is C16H15N5O. The van der Waals surface area contributed by atoms with Crippen LogP contribution < -0.4 is 5.43 Å². The zero-order valence-corrected chi connectivity index (χ0v) is 12.4. The lowest BCUT2D eigenvalue weighted by atomic mass is 9.96. The average molecular weight is 293 g/mol. The van der Waals surface area contributed by atoms with Crippen molar-refractivity contribution in [2.45, 2.75) is 26.3 Å². The Morgan fingerprint density at radius 2 is 2.23 bits per heavy atom. The number of nitrogens with one attached hydrogen (secondary N) is 1. The second-order valence-corrected chi connectivity index (χ2v) is 5.69. The first-order valence-electron chi connectivity index (χ1n) is 7.22. The van der Waals surface area contributed by atoms with E-state index >= 15 is 0 Å². The van der Waals surface area contributed by atoms with Crippen LogP contribution in [0.2, 0.25) is 0 Å². The molecule has 0 unspecified atom stereocenters. The number of hydrogen-bond donors (Lipinski definition) is 1. The number of nitrogens with zero attached hydrogens (tertiary/aromatic N) is 4. The molecule has 1 aliphatic rings. The molecule has 3 aromatic rings. The van der Waals surface area contributed by atoms with E-state index in [-0.39, 0.29) is 11.5 Å². The first-order valence-corrected chi connectivity index (χ1v) is 7.22. The van der Waals surface area contributed by atoms with E-state index in [1.165, 1.54) is 11.9 Å². The van der Waals surface area contributed by atoms with Crippen molar-refractivity contribution in [3.8, 4) is 22.8 Å². The van der Waals surface area contributed by atoms with Crippen LogP contribution in [-0.4, -0.2) is 24.7 Å². The van der Waals surface area contributed by atoms with Gasteiger partial charge in [-0.2, -0.15) is 5.10 Å². The molecule has 4 rings (SSSR count). The van der Waals surface area contributed by atoms with Crippen LogP contribution >= 0.6 is 0 Å². The molecule has 4 heterocycles. The van der Waals surface area contributed by atoms with Gasteiger partial charge in [-0.15, -0.1) is 0 Å². The van der Waals surface area contributed by atoms with Crippen molar-refractivity contribution in [2.24, 2.45) is 0 Å². The van der Waals surface area contributed by atoms with E-state index in [0.29, 0.717) is 11.4 Å². The lowest BCUT2D eigenvalue weighted by molar-refractivity contribution is 0.531. The number of aromatic nitrogens is 5. The minimum absolute atomic E-state index is 0.0774. The summed E-state index contributed by atoms with van der Waals surface area (Å²) in [6.45, 7) is 4.10. The van der Waals surface area contributed by atoms with Crippen LogP contribution in [0.3, 0.4) is 0 Å². The van der Waals surface area contributed by atoms with Gasteiger partial charge in [-0.3, -0.25) is 14.9 Å². The molecule has 1 atom stereocenters. The summed E-state index contributed by atoms with van der Waals surface area (Å²) in [7, 11) is 0. The number of rotatable bonds is 1. The molecule has 0 fully saturated rings. The summed E-state index contributed by atoms with van der Waals surface area (Å²) in [6, 6.07) is 6.03. The molecule has 0 saturated carbocycles. The molecular weight excluding hydrogens is 278 g/mol. The molecule has 0 aliphatic carbocycles. The fraction of sp³-hybridized carbons (Fsp3) is 0.250. The highest BCUT2D eigenvalue weighted by molar-refractivity contribution is 5.65. The summed E-state index contributed by atoms with van der Waals surface area (Å²) in [6.07, 6.45) is 4.16. The summed E-state index contributed by atoms with van der Waals surface area (Å²) in [5.74, 6) is 0.496. The Morgan fingerprint density at radius 3 is 3.00 bits per heavy atom. The van der Waals surface area contributed by atoms with Crippen molar-refractivity contribution >= 4 is 0 Å². The first-order chi connectivity index (χ1) is 10.6. The van der Waals surface area contributed by atoms with Crippen LogP contribution in [0.25, 0.3) is 22.8 Å². The molecule has 6 nitrogen and oxygen atoms in total. The lowest BCUT2D eigenvalue weighted by Crippen LogP contribution is -2.22. The van der Waals surface area contributed by atoms with Gasteiger partial charge in [0.15, 0.2) is 11.3 Å². The normalized spacial score (nSPS) is 16.2. The van der Waals surface area contributed by atoms with Crippen molar-refractivity contribution in [1.82, 2.24) is 24.7 Å². The van der Waals surface area contributed by atoms with Crippen molar-refractivity contribution < 1.29 is 0 Å². The van der Waals surface area contributed by atoms with Crippen LogP contribution in [0.4, 0.5) is 0 Å². The summed E-state index contributed by atoms with van der Waals surface area (Å²) in [5.41, 5.74) is 4.36. The topological polar surface area (TPSA) is 76.5 Å². The molecule has 0 bridgehead atoms. The van der Waals surface area contributed by atoms with Crippen molar-refractivity contribution in [3.63, 3.8) is 0 Å². The van der Waals surface area contributed by atoms with Gasteiger partial charge in [-0.05, 0) is 31.9 Å². The minimum Gasteiger partial charge on any atom is -0.342 e. The number of H-pyrrole nitrogens is 1. The van der Waals surface area contributed by atoms with Gasteiger partial charge in [-0.1, -0.05) is 6.07 Å². The summed E-state index contributed by atoms with van der Waals surface area (Å²) in [4.78, 5) is 21.2. The van der Waals surface area contributed by atoms with E-state index in [4.69, 9.17) is 0 Å². The Hall–Kier alpha value is -2.76. The number of pyridine rings is 2. The molecule has 1 N–H and O–H groups in total. The predicted octanol–water partition coefficient (Wildman–Crippen LogP) is 2.12. The molecule has 110 valence electrons. The number of fused-ring (bicyclic) bond motifs is 3. The fourth-order valence-corrected chi connectivity index (χ4v) is 3.01. The third kappa shape index (κ3) is 1.88. The zero-order valence-electron chi connectivity index (χ0n) is 12.4. The van der Waals surface area contributed by atoms with E-state index in [1.807, 2.05) is 19.2 Å². The Labute approximate surface area is 126 Å². The second-order valence-electron chi connectivity index (χ2n) is 5.69. The summed E-state index contributed by atoms with van der Waals surface area (Å²) in [5, 5.41) is 6.58. The smallest absolute Gasteiger partial charge is 0.193 e. The highest BCUT2D eigenvalue weighted by atomic mass is 16.1. The SMILES string of the molecule is Cc1ccc2c(n1)-c1cc(=O)c(-c3ncn[nH]3)cn1[C@H](C)C2. The standard InChI is InChI=1S/C16H15N5O/c1-9-3-4-11-5-10(2)21-7-12(16-17-8-18-20-16)14(22)6-13(21)15(11)19-9/h3-4,6-8,10H,5H2,1-2H3,(H,17,18,20)/t10-/m1/s1. The van der Waals surface area contributed by atoms with Gasteiger partial charge in [0.2, 0.25) is 0 Å². The lowest BCUT2D eigenvalue weighted by Gasteiger charge is -2.27. The maximum absolute atomic E-state index is 12.5. The predicted molar refractivity (Wildman–Crippen MR) is 82.5 cm³/mol. The van der Waals surface area contributed by atoms with Crippen molar-refractivity contribution in [3.05, 3.63) is 52.2 Å². The van der Waals surface area contributed by atoms with Crippen LogP contribution in [0.5, 0.6) is 0 Å². The molecule has 0 saturated heterocycles. The maximum Gasteiger partial charge on any atom is 0.193 e. The Kier molecular flexibility index (Phi) is 2.72. The number of hydrogen-bond acceptors (Lipinski definition) is 4. The van der Waals surface area contributed by atoms with E-state index in [1.54, 1.807) is 6.07 Å². The van der Waals surface area contributed by atoms with E-state index < -0.39 is 0 Å². The third-order valence-corrected chi connectivity index (χ3v) is 4.10. The monoisotopic (exact) mass is 293 g/mol. The van der Waals surface area contributed by atoms with Crippen LogP contribution in [0.1, 0.15) is 24.2 Å². The largest absolute Gasteiger partial charge is 0.342 e. The Bertz CT molecular complexity index is 911. The van der Waals surface area contributed by atoms with Gasteiger partial charge < -0.3 is 4.57 Å². The van der Waals surface area contributed by atoms with Gasteiger partial charge in [0.05, 0.1) is 17.0 Å². The number of aryl methyl sites for hydroxylation is 1. The molecule has 0 amide bonds. The fourth-order valence-electron chi connectivity index (χ4n) is 3.01. The summed E-state index contributed by atoms with van der Waals surface area (Å²) < 4.78 is 2.11. The second kappa shape index (κ2) is 4.62. The maximum atomic E-state index is 12.5. The number of aromatic amines is 1. The van der Waals surface area contributed by atoms with Crippen LogP contribution in [0, 0.1) is 6.92 Å². The van der Waals surface area contributed by atoms with Crippen molar-refractivity contribution in [1.29, 1.82) is 0 Å². The van der Waals surface area contributed by atoms with E-state index in [2.05, 4.69) is 37.7 Å². The summed E-state index contributed by atoms with van der Waals surface area (Å²) >= 11 is 0. The minimum atomic E-state index is -0.0774. The van der Waals surface area contributed by atoms with Gasteiger partial charge in [0, 0.05) is 24.0 Å². The highest BCUT2D eigenvalue weighted by Crippen LogP contribution is 2.33. The Morgan fingerprint density at radius 1 is 1.36 bits per heavy atom. The average Bonchev–Trinajstić information content (AvgIpc) is 3.02. The van der Waals surface area contributed by atoms with Gasteiger partial charge in [0.25, 0.3) is 0 Å². The van der Waals surface area contributed by atoms with Gasteiger partial charge >= 0.3 is 0 Å². The molecule has 0 radical (unpaired) electrons. The zero-order chi connectivity index (χ0) is 15.3. The van der Waals surface area contributed by atoms with Gasteiger partial charge in [0.1, 0.15) is 6.33 Å².